The first kappa shape index (κ1) is 8.74. The van der Waals surface area contributed by atoms with Gasteiger partial charge in [0.1, 0.15) is 0 Å². The summed E-state index contributed by atoms with van der Waals surface area (Å²) in [5, 5.41) is 2.19. The summed E-state index contributed by atoms with van der Waals surface area (Å²) < 4.78 is 0. The highest BCUT2D eigenvalue weighted by Gasteiger charge is 2.22. The Labute approximate surface area is 89.9 Å². The third-order valence-corrected chi connectivity index (χ3v) is 2.96. The van der Waals surface area contributed by atoms with Crippen LogP contribution in [-0.2, 0) is 0 Å². The Bertz CT molecular complexity index is 417. The van der Waals surface area contributed by atoms with Gasteiger partial charge in [-0.05, 0) is 36.6 Å². The van der Waals surface area contributed by atoms with Crippen LogP contribution in [0.2, 0.25) is 0 Å². The van der Waals surface area contributed by atoms with Gasteiger partial charge in [0.2, 0.25) is 0 Å². The molecule has 0 fully saturated rings. The van der Waals surface area contributed by atoms with Crippen molar-refractivity contribution in [3.8, 4) is 0 Å². The minimum atomic E-state index is 0.995. The van der Waals surface area contributed by atoms with Crippen LogP contribution < -0.4 is 10.4 Å². The van der Waals surface area contributed by atoms with E-state index in [4.69, 9.17) is 0 Å². The first-order chi connectivity index (χ1) is 7.45. The molecule has 3 rings (SSSR count). The van der Waals surface area contributed by atoms with Gasteiger partial charge in [-0.1, -0.05) is 24.3 Å². The van der Waals surface area contributed by atoms with E-state index in [1.807, 2.05) is 6.07 Å². The number of benzene rings is 1. The Balaban J connectivity index is 1.96. The van der Waals surface area contributed by atoms with Crippen molar-refractivity contribution in [2.75, 3.05) is 11.6 Å². The molecule has 2 nitrogen and oxygen atoms in total. The fourth-order valence-corrected chi connectivity index (χ4v) is 2.18. The molecule has 0 unspecified atom stereocenters. The lowest BCUT2D eigenvalue weighted by Crippen LogP contribution is -2.31. The maximum absolute atomic E-state index is 3.42. The lowest BCUT2D eigenvalue weighted by molar-refractivity contribution is 0.786. The maximum Gasteiger partial charge on any atom is 0.0580 e. The van der Waals surface area contributed by atoms with E-state index in [9.17, 15) is 0 Å². The molecule has 1 heterocycles. The first-order valence-corrected chi connectivity index (χ1v) is 5.42. The van der Waals surface area contributed by atoms with Crippen LogP contribution in [0.1, 0.15) is 12.8 Å². The smallest absolute Gasteiger partial charge is 0.0580 e. The summed E-state index contributed by atoms with van der Waals surface area (Å²) in [4.78, 5) is 0. The molecule has 2 heteroatoms. The van der Waals surface area contributed by atoms with Crippen LogP contribution in [0.15, 0.2) is 53.8 Å². The molecule has 0 spiro atoms. The number of allylic oxidation sites excluding steroid dienone is 2. The molecule has 2 aliphatic rings. The molecular formula is C13H14N2. The standard InChI is InChI=1S/C13H14N2/c1-2-7-12(8-3-1)15-13-9-5-4-6-11(13)10-14-15/h1-3,5,7-9,14H,4,6,10H2. The van der Waals surface area contributed by atoms with Crippen LogP contribution in [0.5, 0.6) is 0 Å². The van der Waals surface area contributed by atoms with Crippen molar-refractivity contribution in [2.45, 2.75) is 12.8 Å². The molecule has 0 radical (unpaired) electrons. The fourth-order valence-electron chi connectivity index (χ4n) is 2.18. The molecule has 1 aliphatic heterocycles. The number of nitrogens with one attached hydrogen (secondary N) is 1. The number of hydrogen-bond acceptors (Lipinski definition) is 2. The van der Waals surface area contributed by atoms with E-state index < -0.39 is 0 Å². The molecule has 0 saturated heterocycles. The molecule has 76 valence electrons. The van der Waals surface area contributed by atoms with Gasteiger partial charge in [0.05, 0.1) is 11.4 Å². The topological polar surface area (TPSA) is 15.3 Å². The molecule has 0 bridgehead atoms. The van der Waals surface area contributed by atoms with Gasteiger partial charge in [-0.2, -0.15) is 0 Å². The average Bonchev–Trinajstić information content (AvgIpc) is 2.74. The first-order valence-electron chi connectivity index (χ1n) is 5.42. The van der Waals surface area contributed by atoms with Crippen LogP contribution in [0, 0.1) is 0 Å². The Hall–Kier alpha value is -1.54. The number of nitrogens with zero attached hydrogens (tertiary/aromatic N) is 1. The normalized spacial score (nSPS) is 19.6. The quantitative estimate of drug-likeness (QED) is 0.746. The van der Waals surface area contributed by atoms with E-state index in [1.165, 1.54) is 29.8 Å². The number of hydrogen-bond donors (Lipinski definition) is 1. The van der Waals surface area contributed by atoms with Gasteiger partial charge in [0, 0.05) is 6.54 Å². The summed E-state index contributed by atoms with van der Waals surface area (Å²) >= 11 is 0. The third kappa shape index (κ3) is 1.47. The van der Waals surface area contributed by atoms with Crippen LogP contribution in [-0.4, -0.2) is 6.54 Å². The molecule has 0 atom stereocenters. The van der Waals surface area contributed by atoms with Crippen molar-refractivity contribution in [1.29, 1.82) is 0 Å². The lowest BCUT2D eigenvalue weighted by Gasteiger charge is -2.21. The Morgan fingerprint density at radius 1 is 1.13 bits per heavy atom. The number of hydrazine groups is 1. The van der Waals surface area contributed by atoms with Gasteiger partial charge in [-0.25, -0.2) is 5.43 Å². The van der Waals surface area contributed by atoms with Gasteiger partial charge >= 0.3 is 0 Å². The maximum atomic E-state index is 3.42. The van der Waals surface area contributed by atoms with Crippen molar-refractivity contribution in [1.82, 2.24) is 5.43 Å². The summed E-state index contributed by atoms with van der Waals surface area (Å²) in [5.41, 5.74) is 7.51. The van der Waals surface area contributed by atoms with Crippen LogP contribution in [0.3, 0.4) is 0 Å². The largest absolute Gasteiger partial charge is 0.277 e. The molecule has 1 aromatic carbocycles. The van der Waals surface area contributed by atoms with Crippen LogP contribution >= 0.6 is 0 Å². The summed E-state index contributed by atoms with van der Waals surface area (Å²) in [6.07, 6.45) is 6.86. The number of anilines is 1. The molecule has 0 amide bonds. The number of rotatable bonds is 1. The van der Waals surface area contributed by atoms with Crippen molar-refractivity contribution < 1.29 is 0 Å². The van der Waals surface area contributed by atoms with Crippen molar-refractivity contribution >= 4 is 5.69 Å². The van der Waals surface area contributed by atoms with Gasteiger partial charge in [0.25, 0.3) is 0 Å². The van der Waals surface area contributed by atoms with Gasteiger partial charge in [0.15, 0.2) is 0 Å². The zero-order chi connectivity index (χ0) is 10.1. The predicted molar refractivity (Wildman–Crippen MR) is 62.3 cm³/mol. The highest BCUT2D eigenvalue weighted by molar-refractivity contribution is 5.57. The minimum absolute atomic E-state index is 0.995. The summed E-state index contributed by atoms with van der Waals surface area (Å²) in [7, 11) is 0. The van der Waals surface area contributed by atoms with Crippen molar-refractivity contribution in [2.24, 2.45) is 0 Å². The van der Waals surface area contributed by atoms with E-state index in [2.05, 4.69) is 46.9 Å². The molecule has 1 aromatic rings. The van der Waals surface area contributed by atoms with Crippen molar-refractivity contribution in [3.05, 3.63) is 53.8 Å². The molecule has 15 heavy (non-hydrogen) atoms. The van der Waals surface area contributed by atoms with Gasteiger partial charge < -0.3 is 0 Å². The zero-order valence-electron chi connectivity index (χ0n) is 8.61. The molecule has 0 aromatic heterocycles. The van der Waals surface area contributed by atoms with Crippen LogP contribution in [0.25, 0.3) is 0 Å². The SMILES string of the molecule is C1=CC2=C(CC1)CNN2c1ccccc1. The minimum Gasteiger partial charge on any atom is -0.277 e. The lowest BCUT2D eigenvalue weighted by atomic mass is 10.0. The van der Waals surface area contributed by atoms with Gasteiger partial charge in [-0.15, -0.1) is 0 Å². The van der Waals surface area contributed by atoms with Crippen molar-refractivity contribution in [3.63, 3.8) is 0 Å². The van der Waals surface area contributed by atoms with Crippen LogP contribution in [0.4, 0.5) is 5.69 Å². The second kappa shape index (κ2) is 3.55. The van der Waals surface area contributed by atoms with E-state index in [1.54, 1.807) is 0 Å². The molecular weight excluding hydrogens is 184 g/mol. The second-order valence-corrected chi connectivity index (χ2v) is 3.94. The average molecular weight is 198 g/mol. The highest BCUT2D eigenvalue weighted by Crippen LogP contribution is 2.29. The third-order valence-electron chi connectivity index (χ3n) is 2.96. The predicted octanol–water partition coefficient (Wildman–Crippen LogP) is 2.62. The van der Waals surface area contributed by atoms with E-state index >= 15 is 0 Å². The Morgan fingerprint density at radius 2 is 2.00 bits per heavy atom. The fraction of sp³-hybridized carbons (Fsp3) is 0.231. The molecule has 1 aliphatic carbocycles. The Kier molecular flexibility index (Phi) is 2.07. The second-order valence-electron chi connectivity index (χ2n) is 3.94. The number of para-hydroxylation sites is 1. The Morgan fingerprint density at radius 3 is 2.87 bits per heavy atom. The monoisotopic (exact) mass is 198 g/mol. The summed E-state index contributed by atoms with van der Waals surface area (Å²) in [6.45, 7) is 0.995. The van der Waals surface area contributed by atoms with Gasteiger partial charge in [-0.3, -0.25) is 5.01 Å². The van der Waals surface area contributed by atoms with E-state index in [0.29, 0.717) is 0 Å². The molecule has 1 N–H and O–H groups in total. The zero-order valence-corrected chi connectivity index (χ0v) is 8.61. The summed E-state index contributed by atoms with van der Waals surface area (Å²) in [5.74, 6) is 0. The van der Waals surface area contributed by atoms with E-state index in [0.717, 1.165) is 6.54 Å². The summed E-state index contributed by atoms with van der Waals surface area (Å²) in [6, 6.07) is 10.5. The highest BCUT2D eigenvalue weighted by atomic mass is 15.5. The van der Waals surface area contributed by atoms with E-state index in [-0.39, 0.29) is 0 Å². The molecule has 0 saturated carbocycles.